The largest absolute Gasteiger partial charge is 0.337 e. The van der Waals surface area contributed by atoms with Gasteiger partial charge in [-0.25, -0.2) is 4.98 Å². The maximum atomic E-state index is 13.4. The van der Waals surface area contributed by atoms with E-state index in [1.807, 2.05) is 54.3 Å². The first-order chi connectivity index (χ1) is 16.0. The Morgan fingerprint density at radius 3 is 2.52 bits per heavy atom. The van der Waals surface area contributed by atoms with Crippen molar-refractivity contribution >= 4 is 40.2 Å². The highest BCUT2D eigenvalue weighted by Gasteiger charge is 2.27. The quantitative estimate of drug-likeness (QED) is 0.304. The van der Waals surface area contributed by atoms with Crippen LogP contribution in [0.4, 0.5) is 0 Å². The first kappa shape index (κ1) is 21.7. The molecule has 4 aromatic rings. The number of fused-ring (bicyclic) bond motifs is 2. The fraction of sp³-hybridized carbons (Fsp3) is 0.192. The summed E-state index contributed by atoms with van der Waals surface area (Å²) in [4.78, 5) is 33.4. The Kier molecular flexibility index (Phi) is 5.96. The summed E-state index contributed by atoms with van der Waals surface area (Å²) in [5, 5.41) is 0.987. The van der Waals surface area contributed by atoms with E-state index in [4.69, 9.17) is 16.6 Å². The van der Waals surface area contributed by atoms with Gasteiger partial charge in [-0.3, -0.25) is 14.2 Å². The molecule has 33 heavy (non-hydrogen) atoms. The van der Waals surface area contributed by atoms with Crippen LogP contribution in [-0.4, -0.2) is 32.2 Å². The Bertz CT molecular complexity index is 1420. The predicted molar refractivity (Wildman–Crippen MR) is 133 cm³/mol. The SMILES string of the molecule is CC(Sc1nc2ccccc2c(=O)n1-c1ccccc1Cl)C(=O)N1CCc2ccccc2C1. The Morgan fingerprint density at radius 2 is 1.70 bits per heavy atom. The number of thioether (sulfide) groups is 1. The molecule has 0 N–H and O–H groups in total. The van der Waals surface area contributed by atoms with E-state index < -0.39 is 5.25 Å². The summed E-state index contributed by atoms with van der Waals surface area (Å²) in [7, 11) is 0. The zero-order chi connectivity index (χ0) is 22.9. The lowest BCUT2D eigenvalue weighted by Gasteiger charge is -2.30. The molecular formula is C26H22ClN3O2S. The van der Waals surface area contributed by atoms with Crippen LogP contribution in [-0.2, 0) is 17.8 Å². The van der Waals surface area contributed by atoms with Gasteiger partial charge in [-0.15, -0.1) is 0 Å². The van der Waals surface area contributed by atoms with Crippen molar-refractivity contribution in [3.63, 3.8) is 0 Å². The number of carbonyl (C=O) groups is 1. The Hall–Kier alpha value is -3.09. The molecule has 0 saturated heterocycles. The molecule has 1 atom stereocenters. The zero-order valence-corrected chi connectivity index (χ0v) is 19.6. The van der Waals surface area contributed by atoms with Crippen molar-refractivity contribution in [2.24, 2.45) is 0 Å². The average molecular weight is 476 g/mol. The predicted octanol–water partition coefficient (Wildman–Crippen LogP) is 5.10. The average Bonchev–Trinajstić information content (AvgIpc) is 2.84. The first-order valence-corrected chi connectivity index (χ1v) is 12.1. The molecule has 1 aliphatic rings. The molecule has 0 saturated carbocycles. The van der Waals surface area contributed by atoms with E-state index in [0.717, 1.165) is 6.42 Å². The minimum Gasteiger partial charge on any atom is -0.337 e. The van der Waals surface area contributed by atoms with Crippen molar-refractivity contribution in [1.29, 1.82) is 0 Å². The van der Waals surface area contributed by atoms with Crippen molar-refractivity contribution in [3.05, 3.63) is 99.3 Å². The monoisotopic (exact) mass is 475 g/mol. The van der Waals surface area contributed by atoms with E-state index in [9.17, 15) is 9.59 Å². The summed E-state index contributed by atoms with van der Waals surface area (Å²) in [6.07, 6.45) is 0.845. The molecule has 1 amide bonds. The molecular weight excluding hydrogens is 454 g/mol. The molecule has 5 rings (SSSR count). The molecule has 1 unspecified atom stereocenters. The number of rotatable bonds is 4. The van der Waals surface area contributed by atoms with E-state index in [1.54, 1.807) is 18.2 Å². The topological polar surface area (TPSA) is 55.2 Å². The van der Waals surface area contributed by atoms with E-state index in [2.05, 4.69) is 12.1 Å². The Labute approximate surface area is 201 Å². The van der Waals surface area contributed by atoms with Gasteiger partial charge < -0.3 is 4.90 Å². The van der Waals surface area contributed by atoms with E-state index in [1.165, 1.54) is 27.5 Å². The van der Waals surface area contributed by atoms with Gasteiger partial charge in [-0.2, -0.15) is 0 Å². The number of hydrogen-bond donors (Lipinski definition) is 0. The number of halogens is 1. The number of carbonyl (C=O) groups excluding carboxylic acids is 1. The van der Waals surface area contributed by atoms with Gasteiger partial charge in [0.1, 0.15) is 0 Å². The molecule has 5 nitrogen and oxygen atoms in total. The van der Waals surface area contributed by atoms with E-state index in [0.29, 0.717) is 39.9 Å². The zero-order valence-electron chi connectivity index (χ0n) is 18.1. The highest BCUT2D eigenvalue weighted by atomic mass is 35.5. The van der Waals surface area contributed by atoms with Gasteiger partial charge in [0, 0.05) is 13.1 Å². The van der Waals surface area contributed by atoms with Gasteiger partial charge in [0.05, 0.1) is 26.9 Å². The van der Waals surface area contributed by atoms with Crippen molar-refractivity contribution in [2.45, 2.75) is 30.3 Å². The summed E-state index contributed by atoms with van der Waals surface area (Å²) < 4.78 is 1.52. The molecule has 2 heterocycles. The highest BCUT2D eigenvalue weighted by molar-refractivity contribution is 8.00. The van der Waals surface area contributed by atoms with Crippen molar-refractivity contribution in [2.75, 3.05) is 6.54 Å². The second-order valence-electron chi connectivity index (χ2n) is 8.04. The van der Waals surface area contributed by atoms with Crippen LogP contribution in [0.5, 0.6) is 0 Å². The van der Waals surface area contributed by atoms with E-state index in [-0.39, 0.29) is 11.5 Å². The second-order valence-corrected chi connectivity index (χ2v) is 9.76. The number of hydrogen-bond acceptors (Lipinski definition) is 4. The molecule has 166 valence electrons. The lowest BCUT2D eigenvalue weighted by Crippen LogP contribution is -2.40. The van der Waals surface area contributed by atoms with Crippen LogP contribution in [0.3, 0.4) is 0 Å². The van der Waals surface area contributed by atoms with Gasteiger partial charge in [0.2, 0.25) is 5.91 Å². The molecule has 1 aliphatic heterocycles. The van der Waals surface area contributed by atoms with Gasteiger partial charge in [-0.1, -0.05) is 71.9 Å². The van der Waals surface area contributed by atoms with Crippen LogP contribution < -0.4 is 5.56 Å². The Morgan fingerprint density at radius 1 is 1.00 bits per heavy atom. The fourth-order valence-electron chi connectivity index (χ4n) is 4.19. The minimum atomic E-state index is -0.419. The van der Waals surface area contributed by atoms with Gasteiger partial charge >= 0.3 is 0 Å². The minimum absolute atomic E-state index is 0.0302. The third-order valence-electron chi connectivity index (χ3n) is 5.91. The molecule has 0 spiro atoms. The summed E-state index contributed by atoms with van der Waals surface area (Å²) in [6, 6.07) is 22.7. The van der Waals surface area contributed by atoms with E-state index >= 15 is 0 Å². The molecule has 0 bridgehead atoms. The van der Waals surface area contributed by atoms with Crippen molar-refractivity contribution < 1.29 is 4.79 Å². The van der Waals surface area contributed by atoms with Crippen LogP contribution in [0, 0.1) is 0 Å². The number of para-hydroxylation sites is 2. The summed E-state index contributed by atoms with van der Waals surface area (Å²) in [5.74, 6) is 0.0302. The lowest BCUT2D eigenvalue weighted by atomic mass is 10.00. The third-order valence-corrected chi connectivity index (χ3v) is 7.27. The summed E-state index contributed by atoms with van der Waals surface area (Å²) in [5.41, 5.74) is 3.43. The number of aromatic nitrogens is 2. The van der Waals surface area contributed by atoms with Gasteiger partial charge in [0.25, 0.3) is 5.56 Å². The third kappa shape index (κ3) is 4.16. The van der Waals surface area contributed by atoms with Crippen LogP contribution in [0.25, 0.3) is 16.6 Å². The van der Waals surface area contributed by atoms with Crippen molar-refractivity contribution in [1.82, 2.24) is 14.5 Å². The standard InChI is InChI=1S/C26H22ClN3O2S/c1-17(24(31)29-15-14-18-8-2-3-9-19(18)16-29)33-26-28-22-12-6-4-10-20(22)25(32)30(26)23-13-7-5-11-21(23)27/h2-13,17H,14-16H2,1H3. The summed E-state index contributed by atoms with van der Waals surface area (Å²) >= 11 is 7.74. The highest BCUT2D eigenvalue weighted by Crippen LogP contribution is 2.30. The van der Waals surface area contributed by atoms with Gasteiger partial charge in [-0.05, 0) is 48.7 Å². The molecule has 1 aromatic heterocycles. The lowest BCUT2D eigenvalue weighted by molar-refractivity contribution is -0.131. The molecule has 0 fully saturated rings. The smallest absolute Gasteiger partial charge is 0.266 e. The fourth-order valence-corrected chi connectivity index (χ4v) is 5.41. The first-order valence-electron chi connectivity index (χ1n) is 10.8. The molecule has 0 aliphatic carbocycles. The number of benzene rings is 3. The normalized spacial score (nSPS) is 14.2. The van der Waals surface area contributed by atoms with Crippen LogP contribution in [0.2, 0.25) is 5.02 Å². The molecule has 0 radical (unpaired) electrons. The molecule has 7 heteroatoms. The van der Waals surface area contributed by atoms with Gasteiger partial charge in [0.15, 0.2) is 5.16 Å². The number of nitrogens with zero attached hydrogens (tertiary/aromatic N) is 3. The molecule has 3 aromatic carbocycles. The Balaban J connectivity index is 1.51. The maximum absolute atomic E-state index is 13.4. The maximum Gasteiger partial charge on any atom is 0.266 e. The van der Waals surface area contributed by atoms with Crippen LogP contribution in [0.1, 0.15) is 18.1 Å². The summed E-state index contributed by atoms with van der Waals surface area (Å²) in [6.45, 7) is 3.15. The van der Waals surface area contributed by atoms with Crippen LogP contribution in [0.15, 0.2) is 82.7 Å². The van der Waals surface area contributed by atoms with Crippen molar-refractivity contribution in [3.8, 4) is 5.69 Å². The second kappa shape index (κ2) is 9.04. The van der Waals surface area contributed by atoms with Crippen LogP contribution >= 0.6 is 23.4 Å². The number of amides is 1.